The Morgan fingerprint density at radius 1 is 1.38 bits per heavy atom. The first-order valence-electron chi connectivity index (χ1n) is 3.48. The molecule has 0 amide bonds. The van der Waals surface area contributed by atoms with Gasteiger partial charge in [0, 0.05) is 10.7 Å². The van der Waals surface area contributed by atoms with Crippen LogP contribution in [0.5, 0.6) is 0 Å². The van der Waals surface area contributed by atoms with Crippen LogP contribution in [-0.4, -0.2) is 14.7 Å². The van der Waals surface area contributed by atoms with Crippen molar-refractivity contribution in [2.75, 3.05) is 6.26 Å². The zero-order valence-electron chi connectivity index (χ0n) is 7.14. The normalized spacial score (nSPS) is 11.7. The molecule has 2 nitrogen and oxygen atoms in total. The molecule has 0 spiro atoms. The highest BCUT2D eigenvalue weighted by Crippen LogP contribution is 2.28. The van der Waals surface area contributed by atoms with Crippen LogP contribution < -0.4 is 0 Å². The molecule has 0 saturated heterocycles. The Balaban J connectivity index is 3.50. The van der Waals surface area contributed by atoms with Crippen LogP contribution in [0, 0.1) is 6.92 Å². The second kappa shape index (κ2) is 3.59. The van der Waals surface area contributed by atoms with Crippen molar-refractivity contribution in [3.8, 4) is 0 Å². The molecule has 0 fully saturated rings. The van der Waals surface area contributed by atoms with Gasteiger partial charge in [-0.3, -0.25) is 0 Å². The van der Waals surface area contributed by atoms with E-state index in [-0.39, 0.29) is 9.92 Å². The van der Waals surface area contributed by atoms with Crippen LogP contribution in [0.1, 0.15) is 5.56 Å². The summed E-state index contributed by atoms with van der Waals surface area (Å²) in [5.74, 6) is 0. The number of aryl methyl sites for hydroxylation is 1. The Morgan fingerprint density at radius 2 is 1.92 bits per heavy atom. The second-order valence-electron chi connectivity index (χ2n) is 2.80. The summed E-state index contributed by atoms with van der Waals surface area (Å²) in [6.07, 6.45) is 1.13. The molecule has 72 valence electrons. The molecule has 0 aliphatic heterocycles. The predicted octanol–water partition coefficient (Wildman–Crippen LogP) is 2.81. The summed E-state index contributed by atoms with van der Waals surface area (Å²) in [4.78, 5) is 0.159. The Labute approximate surface area is 91.0 Å². The minimum Gasteiger partial charge on any atom is -0.224 e. The summed E-state index contributed by atoms with van der Waals surface area (Å²) < 4.78 is 23.2. The molecule has 0 heterocycles. The SMILES string of the molecule is Cc1cc(Cl)c(S(C)(=O)=O)cc1Br. The van der Waals surface area contributed by atoms with E-state index in [1.807, 2.05) is 6.92 Å². The summed E-state index contributed by atoms with van der Waals surface area (Å²) in [7, 11) is -3.23. The fraction of sp³-hybridized carbons (Fsp3) is 0.250. The number of hydrogen-bond acceptors (Lipinski definition) is 2. The van der Waals surface area contributed by atoms with E-state index < -0.39 is 9.84 Å². The van der Waals surface area contributed by atoms with E-state index in [4.69, 9.17) is 11.6 Å². The minimum atomic E-state index is -3.23. The molecule has 0 atom stereocenters. The quantitative estimate of drug-likeness (QED) is 0.794. The molecule has 0 aliphatic carbocycles. The first-order valence-corrected chi connectivity index (χ1v) is 6.54. The molecule has 0 bridgehead atoms. The van der Waals surface area contributed by atoms with Gasteiger partial charge >= 0.3 is 0 Å². The lowest BCUT2D eigenvalue weighted by Gasteiger charge is -2.04. The second-order valence-corrected chi connectivity index (χ2v) is 6.05. The maximum Gasteiger partial charge on any atom is 0.177 e. The van der Waals surface area contributed by atoms with Gasteiger partial charge in [0.15, 0.2) is 9.84 Å². The van der Waals surface area contributed by atoms with Crippen LogP contribution in [0.3, 0.4) is 0 Å². The summed E-state index contributed by atoms with van der Waals surface area (Å²) >= 11 is 9.04. The molecular weight excluding hydrogens is 276 g/mol. The van der Waals surface area contributed by atoms with Crippen molar-refractivity contribution >= 4 is 37.4 Å². The first kappa shape index (κ1) is 11.0. The van der Waals surface area contributed by atoms with E-state index in [2.05, 4.69) is 15.9 Å². The summed E-state index contributed by atoms with van der Waals surface area (Å²) in [6, 6.07) is 3.15. The fourth-order valence-electron chi connectivity index (χ4n) is 0.912. The van der Waals surface area contributed by atoms with Crippen molar-refractivity contribution in [3.05, 3.63) is 27.2 Å². The van der Waals surface area contributed by atoms with Crippen LogP contribution in [0.4, 0.5) is 0 Å². The predicted molar refractivity (Wildman–Crippen MR) is 57.0 cm³/mol. The van der Waals surface area contributed by atoms with Gasteiger partial charge < -0.3 is 0 Å². The van der Waals surface area contributed by atoms with Gasteiger partial charge in [0.25, 0.3) is 0 Å². The number of benzene rings is 1. The van der Waals surface area contributed by atoms with Gasteiger partial charge in [-0.25, -0.2) is 8.42 Å². The Kier molecular flexibility index (Phi) is 3.05. The molecule has 1 rings (SSSR count). The van der Waals surface area contributed by atoms with Gasteiger partial charge in [0.2, 0.25) is 0 Å². The van der Waals surface area contributed by atoms with E-state index >= 15 is 0 Å². The van der Waals surface area contributed by atoms with Crippen molar-refractivity contribution < 1.29 is 8.42 Å². The average Bonchev–Trinajstić information content (AvgIpc) is 1.94. The summed E-state index contributed by atoms with van der Waals surface area (Å²) in [5, 5.41) is 0.267. The van der Waals surface area contributed by atoms with E-state index in [1.165, 1.54) is 6.07 Å². The van der Waals surface area contributed by atoms with Crippen molar-refractivity contribution in [2.45, 2.75) is 11.8 Å². The zero-order chi connectivity index (χ0) is 10.2. The first-order chi connectivity index (χ1) is 5.82. The summed E-state index contributed by atoms with van der Waals surface area (Å²) in [5.41, 5.74) is 0.914. The topological polar surface area (TPSA) is 34.1 Å². The van der Waals surface area contributed by atoms with Gasteiger partial charge in [0.1, 0.15) is 0 Å². The van der Waals surface area contributed by atoms with Crippen LogP contribution in [0.2, 0.25) is 5.02 Å². The number of sulfone groups is 1. The van der Waals surface area contributed by atoms with Crippen LogP contribution in [-0.2, 0) is 9.84 Å². The van der Waals surface area contributed by atoms with E-state index in [0.717, 1.165) is 16.3 Å². The van der Waals surface area contributed by atoms with E-state index in [9.17, 15) is 8.42 Å². The average molecular weight is 284 g/mol. The van der Waals surface area contributed by atoms with Gasteiger partial charge in [0.05, 0.1) is 9.92 Å². The molecule has 0 unspecified atom stereocenters. The standard InChI is InChI=1S/C8H8BrClO2S/c1-5-3-7(10)8(4-6(5)9)13(2,11)12/h3-4H,1-2H3. The highest BCUT2D eigenvalue weighted by atomic mass is 79.9. The largest absolute Gasteiger partial charge is 0.224 e. The molecular formula is C8H8BrClO2S. The lowest BCUT2D eigenvalue weighted by molar-refractivity contribution is 0.602. The lowest BCUT2D eigenvalue weighted by atomic mass is 10.2. The fourth-order valence-corrected chi connectivity index (χ4v) is 2.79. The summed E-state index contributed by atoms with van der Waals surface area (Å²) in [6.45, 7) is 1.85. The number of rotatable bonds is 1. The number of hydrogen-bond donors (Lipinski definition) is 0. The molecule has 1 aromatic carbocycles. The zero-order valence-corrected chi connectivity index (χ0v) is 10.3. The minimum absolute atomic E-state index is 0.159. The van der Waals surface area contributed by atoms with Gasteiger partial charge in [-0.2, -0.15) is 0 Å². The molecule has 13 heavy (non-hydrogen) atoms. The molecule has 0 radical (unpaired) electrons. The van der Waals surface area contributed by atoms with Crippen molar-refractivity contribution in [2.24, 2.45) is 0 Å². The number of halogens is 2. The van der Waals surface area contributed by atoms with Crippen LogP contribution >= 0.6 is 27.5 Å². The highest BCUT2D eigenvalue weighted by molar-refractivity contribution is 9.10. The molecule has 0 N–H and O–H groups in total. The van der Waals surface area contributed by atoms with Crippen LogP contribution in [0.15, 0.2) is 21.5 Å². The van der Waals surface area contributed by atoms with Gasteiger partial charge in [-0.05, 0) is 24.6 Å². The highest BCUT2D eigenvalue weighted by Gasteiger charge is 2.13. The van der Waals surface area contributed by atoms with Gasteiger partial charge in [-0.15, -0.1) is 0 Å². The molecule has 5 heteroatoms. The Morgan fingerprint density at radius 3 is 2.38 bits per heavy atom. The molecule has 0 aromatic heterocycles. The Bertz CT molecular complexity index is 440. The molecule has 0 aliphatic rings. The smallest absolute Gasteiger partial charge is 0.177 e. The third-order valence-electron chi connectivity index (χ3n) is 1.61. The van der Waals surface area contributed by atoms with Crippen molar-refractivity contribution in [1.82, 2.24) is 0 Å². The maximum atomic E-state index is 11.2. The lowest BCUT2D eigenvalue weighted by Crippen LogP contribution is -1.98. The third-order valence-corrected chi connectivity index (χ3v) is 4.03. The van der Waals surface area contributed by atoms with Crippen molar-refractivity contribution in [3.63, 3.8) is 0 Å². The monoisotopic (exact) mass is 282 g/mol. The van der Waals surface area contributed by atoms with E-state index in [0.29, 0.717) is 0 Å². The van der Waals surface area contributed by atoms with Crippen molar-refractivity contribution in [1.29, 1.82) is 0 Å². The maximum absolute atomic E-state index is 11.2. The Hall–Kier alpha value is -0.0600. The third kappa shape index (κ3) is 2.45. The van der Waals surface area contributed by atoms with Crippen LogP contribution in [0.25, 0.3) is 0 Å². The molecule has 0 saturated carbocycles. The van der Waals surface area contributed by atoms with E-state index in [1.54, 1.807) is 6.07 Å². The van der Waals surface area contributed by atoms with Gasteiger partial charge in [-0.1, -0.05) is 27.5 Å². The molecule has 1 aromatic rings.